The van der Waals surface area contributed by atoms with E-state index in [2.05, 4.69) is 16.7 Å². The summed E-state index contributed by atoms with van der Waals surface area (Å²) in [6.07, 6.45) is 12.4. The van der Waals surface area contributed by atoms with Crippen LogP contribution in [0.1, 0.15) is 70.6 Å². The van der Waals surface area contributed by atoms with Gasteiger partial charge < -0.3 is 10.6 Å². The predicted molar refractivity (Wildman–Crippen MR) is 94.9 cm³/mol. The number of nitrogens with one attached hydrogen (secondary N) is 2. The van der Waals surface area contributed by atoms with E-state index in [1.807, 2.05) is 0 Å². The van der Waals surface area contributed by atoms with Crippen LogP contribution in [0.4, 0.5) is 4.79 Å². The number of hydrogen-bond donors (Lipinski definition) is 2. The number of allylic oxidation sites excluding steroid dienone is 1. The minimum absolute atomic E-state index is 0.000886. The van der Waals surface area contributed by atoms with Crippen molar-refractivity contribution in [2.24, 2.45) is 0 Å². The molecule has 2 aliphatic carbocycles. The Balaban J connectivity index is 1.35. The molecule has 0 aromatic rings. The SMILES string of the molecule is O=C(CCCN1C(=O)NC2(CCCC2)C1=O)NCCC1=CCCCC1. The highest BCUT2D eigenvalue weighted by Crippen LogP contribution is 2.35. The highest BCUT2D eigenvalue weighted by atomic mass is 16.2. The first-order chi connectivity index (χ1) is 12.1. The summed E-state index contributed by atoms with van der Waals surface area (Å²) >= 11 is 0. The summed E-state index contributed by atoms with van der Waals surface area (Å²) in [6.45, 7) is 1.00. The van der Waals surface area contributed by atoms with Crippen LogP contribution in [-0.4, -0.2) is 41.4 Å². The second-order valence-electron chi connectivity index (χ2n) is 7.49. The van der Waals surface area contributed by atoms with Crippen molar-refractivity contribution >= 4 is 17.8 Å². The standard InChI is InChI=1S/C19H29N3O3/c23-16(20-13-10-15-7-2-1-3-8-15)9-6-14-22-17(24)19(21-18(22)25)11-4-5-12-19/h7H,1-6,8-14H2,(H,20,23)(H,21,25). The molecular weight excluding hydrogens is 318 g/mol. The van der Waals surface area contributed by atoms with Crippen LogP contribution in [-0.2, 0) is 9.59 Å². The fourth-order valence-corrected chi connectivity index (χ4v) is 4.18. The summed E-state index contributed by atoms with van der Waals surface area (Å²) in [4.78, 5) is 37.8. The van der Waals surface area contributed by atoms with Gasteiger partial charge in [-0.15, -0.1) is 0 Å². The number of carbonyl (C=O) groups excluding carboxylic acids is 3. The fourth-order valence-electron chi connectivity index (χ4n) is 4.18. The topological polar surface area (TPSA) is 78.5 Å². The summed E-state index contributed by atoms with van der Waals surface area (Å²) in [7, 11) is 0. The average Bonchev–Trinajstić information content (AvgIpc) is 3.16. The first kappa shape index (κ1) is 18.0. The molecule has 4 amide bonds. The maximum absolute atomic E-state index is 12.5. The normalized spacial score (nSPS) is 22.2. The molecule has 6 nitrogen and oxygen atoms in total. The van der Waals surface area contributed by atoms with Gasteiger partial charge in [0.25, 0.3) is 5.91 Å². The number of rotatable bonds is 7. The van der Waals surface area contributed by atoms with Crippen LogP contribution in [0.15, 0.2) is 11.6 Å². The van der Waals surface area contributed by atoms with Crippen molar-refractivity contribution in [3.05, 3.63) is 11.6 Å². The summed E-state index contributed by atoms with van der Waals surface area (Å²) in [6, 6.07) is -0.295. The summed E-state index contributed by atoms with van der Waals surface area (Å²) in [5.74, 6) is -0.0984. The molecular formula is C19H29N3O3. The third-order valence-electron chi connectivity index (χ3n) is 5.64. The maximum Gasteiger partial charge on any atom is 0.325 e. The van der Waals surface area contributed by atoms with Crippen molar-refractivity contribution in [3.63, 3.8) is 0 Å². The van der Waals surface area contributed by atoms with Crippen LogP contribution < -0.4 is 10.6 Å². The highest BCUT2D eigenvalue weighted by Gasteiger charge is 2.51. The van der Waals surface area contributed by atoms with E-state index < -0.39 is 5.54 Å². The Hall–Kier alpha value is -1.85. The molecule has 1 saturated carbocycles. The lowest BCUT2D eigenvalue weighted by Gasteiger charge is -2.19. The molecule has 6 heteroatoms. The van der Waals surface area contributed by atoms with Crippen molar-refractivity contribution in [1.29, 1.82) is 0 Å². The van der Waals surface area contributed by atoms with E-state index in [9.17, 15) is 14.4 Å². The Bertz CT molecular complexity index is 564. The third-order valence-corrected chi connectivity index (χ3v) is 5.64. The first-order valence-electron chi connectivity index (χ1n) is 9.69. The van der Waals surface area contributed by atoms with Crippen LogP contribution in [0.25, 0.3) is 0 Å². The Kier molecular flexibility index (Phi) is 5.76. The summed E-state index contributed by atoms with van der Waals surface area (Å²) in [5.41, 5.74) is 0.806. The van der Waals surface area contributed by atoms with E-state index >= 15 is 0 Å². The van der Waals surface area contributed by atoms with Gasteiger partial charge in [0, 0.05) is 19.5 Å². The van der Waals surface area contributed by atoms with Gasteiger partial charge in [-0.05, 0) is 51.4 Å². The Morgan fingerprint density at radius 3 is 2.72 bits per heavy atom. The van der Waals surface area contributed by atoms with Gasteiger partial charge in [-0.1, -0.05) is 24.5 Å². The molecule has 1 spiro atoms. The van der Waals surface area contributed by atoms with E-state index in [-0.39, 0.29) is 17.8 Å². The van der Waals surface area contributed by atoms with Gasteiger partial charge in [-0.2, -0.15) is 0 Å². The van der Waals surface area contributed by atoms with Crippen LogP contribution in [0.2, 0.25) is 0 Å². The molecule has 0 radical (unpaired) electrons. The molecule has 2 N–H and O–H groups in total. The molecule has 1 heterocycles. The number of urea groups is 1. The summed E-state index contributed by atoms with van der Waals surface area (Å²) in [5, 5.41) is 5.81. The largest absolute Gasteiger partial charge is 0.356 e. The van der Waals surface area contributed by atoms with Crippen molar-refractivity contribution in [1.82, 2.24) is 15.5 Å². The monoisotopic (exact) mass is 347 g/mol. The molecule has 2 fully saturated rings. The predicted octanol–water partition coefficient (Wildman–Crippen LogP) is 2.64. The minimum atomic E-state index is -0.646. The molecule has 138 valence electrons. The van der Waals surface area contributed by atoms with Crippen molar-refractivity contribution < 1.29 is 14.4 Å². The van der Waals surface area contributed by atoms with Crippen LogP contribution >= 0.6 is 0 Å². The molecule has 0 aromatic carbocycles. The zero-order chi connectivity index (χ0) is 17.7. The summed E-state index contributed by atoms with van der Waals surface area (Å²) < 4.78 is 0. The third kappa shape index (κ3) is 4.22. The molecule has 25 heavy (non-hydrogen) atoms. The Morgan fingerprint density at radius 2 is 2.00 bits per heavy atom. The molecule has 0 bridgehead atoms. The molecule has 1 aliphatic heterocycles. The number of carbonyl (C=O) groups is 3. The number of hydrogen-bond acceptors (Lipinski definition) is 3. The molecule has 0 atom stereocenters. The van der Waals surface area contributed by atoms with Crippen molar-refractivity contribution in [2.45, 2.75) is 76.2 Å². The molecule has 3 rings (SSSR count). The van der Waals surface area contributed by atoms with Gasteiger partial charge in [0.2, 0.25) is 5.91 Å². The lowest BCUT2D eigenvalue weighted by molar-refractivity contribution is -0.131. The van der Waals surface area contributed by atoms with Gasteiger partial charge in [-0.3, -0.25) is 14.5 Å². The van der Waals surface area contributed by atoms with Gasteiger partial charge in [0.15, 0.2) is 0 Å². The van der Waals surface area contributed by atoms with Crippen LogP contribution in [0.5, 0.6) is 0 Å². The maximum atomic E-state index is 12.5. The average molecular weight is 347 g/mol. The van der Waals surface area contributed by atoms with E-state index in [0.29, 0.717) is 25.9 Å². The quantitative estimate of drug-likeness (QED) is 0.549. The molecule has 0 unspecified atom stereocenters. The fraction of sp³-hybridized carbons (Fsp3) is 0.737. The molecule has 0 aromatic heterocycles. The van der Waals surface area contributed by atoms with Crippen LogP contribution in [0, 0.1) is 0 Å². The number of imide groups is 1. The van der Waals surface area contributed by atoms with Gasteiger partial charge in [0.1, 0.15) is 5.54 Å². The van der Waals surface area contributed by atoms with Crippen molar-refractivity contribution in [2.75, 3.05) is 13.1 Å². The smallest absolute Gasteiger partial charge is 0.325 e. The number of amides is 4. The van der Waals surface area contributed by atoms with Crippen LogP contribution in [0.3, 0.4) is 0 Å². The second-order valence-corrected chi connectivity index (χ2v) is 7.49. The Labute approximate surface area is 149 Å². The van der Waals surface area contributed by atoms with Crippen molar-refractivity contribution in [3.8, 4) is 0 Å². The van der Waals surface area contributed by atoms with E-state index in [1.54, 1.807) is 0 Å². The van der Waals surface area contributed by atoms with Gasteiger partial charge in [0.05, 0.1) is 0 Å². The lowest BCUT2D eigenvalue weighted by Crippen LogP contribution is -2.44. The first-order valence-corrected chi connectivity index (χ1v) is 9.69. The zero-order valence-corrected chi connectivity index (χ0v) is 14.9. The zero-order valence-electron chi connectivity index (χ0n) is 14.9. The lowest BCUT2D eigenvalue weighted by atomic mass is 9.97. The molecule has 1 saturated heterocycles. The van der Waals surface area contributed by atoms with E-state index in [4.69, 9.17) is 0 Å². The number of nitrogens with zero attached hydrogens (tertiary/aromatic N) is 1. The van der Waals surface area contributed by atoms with Gasteiger partial charge >= 0.3 is 6.03 Å². The van der Waals surface area contributed by atoms with Gasteiger partial charge in [-0.25, -0.2) is 4.79 Å². The molecule has 3 aliphatic rings. The van der Waals surface area contributed by atoms with E-state index in [1.165, 1.54) is 23.3 Å². The second kappa shape index (κ2) is 8.02. The minimum Gasteiger partial charge on any atom is -0.356 e. The Morgan fingerprint density at radius 1 is 1.20 bits per heavy atom. The highest BCUT2D eigenvalue weighted by molar-refractivity contribution is 6.07. The van der Waals surface area contributed by atoms with E-state index in [0.717, 1.165) is 44.9 Å².